The Balaban J connectivity index is 1.45. The number of rotatable bonds is 2. The summed E-state index contributed by atoms with van der Waals surface area (Å²) in [6, 6.07) is 14.0. The van der Waals surface area contributed by atoms with Gasteiger partial charge in [-0.15, -0.1) is 0 Å². The summed E-state index contributed by atoms with van der Waals surface area (Å²) in [4.78, 5) is 26.7. The van der Waals surface area contributed by atoms with Crippen LogP contribution in [0.3, 0.4) is 0 Å². The number of benzene rings is 2. The Labute approximate surface area is 154 Å². The molecule has 0 spiro atoms. The summed E-state index contributed by atoms with van der Waals surface area (Å²) < 4.78 is 0. The standard InChI is InChI=1S/C22H24N2O2/c1-15(18-11-10-16-6-2-3-8-19(16)14-18)23-21(25)22(26)24-13-12-17-7-4-5-9-20(17)24/h4-5,7,9-11,14-15H,2-3,6,8,12-13H2,1H3,(H,23,25). The molecule has 4 rings (SSSR count). The lowest BCUT2D eigenvalue weighted by atomic mass is 9.89. The minimum Gasteiger partial charge on any atom is -0.341 e. The van der Waals surface area contributed by atoms with Gasteiger partial charge in [-0.25, -0.2) is 0 Å². The first-order valence-corrected chi connectivity index (χ1v) is 9.45. The molecule has 0 bridgehead atoms. The minimum atomic E-state index is -0.535. The fraction of sp³-hybridized carbons (Fsp3) is 0.364. The van der Waals surface area contributed by atoms with Crippen LogP contribution in [0, 0.1) is 0 Å². The van der Waals surface area contributed by atoms with Gasteiger partial charge >= 0.3 is 11.8 Å². The highest BCUT2D eigenvalue weighted by Crippen LogP contribution is 2.28. The first kappa shape index (κ1) is 16.8. The van der Waals surface area contributed by atoms with Crippen LogP contribution in [-0.2, 0) is 28.9 Å². The van der Waals surface area contributed by atoms with E-state index in [-0.39, 0.29) is 6.04 Å². The maximum absolute atomic E-state index is 12.6. The first-order valence-electron chi connectivity index (χ1n) is 9.45. The first-order chi connectivity index (χ1) is 12.6. The molecule has 0 saturated heterocycles. The van der Waals surface area contributed by atoms with Crippen molar-refractivity contribution in [1.82, 2.24) is 5.32 Å². The van der Waals surface area contributed by atoms with Crippen LogP contribution in [0.1, 0.15) is 48.1 Å². The number of fused-ring (bicyclic) bond motifs is 2. The molecule has 2 amide bonds. The van der Waals surface area contributed by atoms with E-state index in [1.54, 1.807) is 4.90 Å². The van der Waals surface area contributed by atoms with E-state index >= 15 is 0 Å². The van der Waals surface area contributed by atoms with Crippen molar-refractivity contribution >= 4 is 17.5 Å². The highest BCUT2D eigenvalue weighted by Gasteiger charge is 2.29. The molecule has 4 heteroatoms. The average Bonchev–Trinajstić information content (AvgIpc) is 3.11. The van der Waals surface area contributed by atoms with E-state index in [1.807, 2.05) is 31.2 Å². The molecule has 0 aromatic heterocycles. The molecule has 1 aliphatic heterocycles. The van der Waals surface area contributed by atoms with Crippen LogP contribution in [0.4, 0.5) is 5.69 Å². The van der Waals surface area contributed by atoms with Gasteiger partial charge in [0.15, 0.2) is 0 Å². The monoisotopic (exact) mass is 348 g/mol. The lowest BCUT2D eigenvalue weighted by Crippen LogP contribution is -2.43. The molecule has 2 aromatic carbocycles. The van der Waals surface area contributed by atoms with Crippen molar-refractivity contribution in [1.29, 1.82) is 0 Å². The predicted molar refractivity (Wildman–Crippen MR) is 102 cm³/mol. The molecule has 2 aliphatic rings. The highest BCUT2D eigenvalue weighted by atomic mass is 16.2. The second-order valence-corrected chi connectivity index (χ2v) is 7.27. The second kappa shape index (κ2) is 6.94. The molecule has 0 radical (unpaired) electrons. The summed E-state index contributed by atoms with van der Waals surface area (Å²) in [6.07, 6.45) is 5.53. The number of hydrogen-bond donors (Lipinski definition) is 1. The summed E-state index contributed by atoms with van der Waals surface area (Å²) in [7, 11) is 0. The normalized spacial score (nSPS) is 16.6. The van der Waals surface area contributed by atoms with Crippen LogP contribution >= 0.6 is 0 Å². The molecule has 1 N–H and O–H groups in total. The van der Waals surface area contributed by atoms with Gasteiger partial charge in [-0.3, -0.25) is 9.59 Å². The number of nitrogens with one attached hydrogen (secondary N) is 1. The zero-order chi connectivity index (χ0) is 18.1. The molecule has 2 aromatic rings. The number of aryl methyl sites for hydroxylation is 2. The van der Waals surface area contributed by atoms with E-state index in [0.29, 0.717) is 6.54 Å². The third kappa shape index (κ3) is 3.12. The Bertz CT molecular complexity index is 859. The number of para-hydroxylation sites is 1. The number of hydrogen-bond acceptors (Lipinski definition) is 2. The molecular formula is C22H24N2O2. The third-order valence-corrected chi connectivity index (χ3v) is 5.55. The Hall–Kier alpha value is -2.62. The molecular weight excluding hydrogens is 324 g/mol. The SMILES string of the molecule is CC(NC(=O)C(=O)N1CCc2ccccc21)c1ccc2c(c1)CCCC2. The van der Waals surface area contributed by atoms with Crippen molar-refractivity contribution in [2.45, 2.75) is 45.1 Å². The van der Waals surface area contributed by atoms with Gasteiger partial charge in [-0.05, 0) is 67.3 Å². The maximum atomic E-state index is 12.6. The molecule has 1 unspecified atom stereocenters. The number of anilines is 1. The Morgan fingerprint density at radius 1 is 0.962 bits per heavy atom. The number of carbonyl (C=O) groups excluding carboxylic acids is 2. The fourth-order valence-electron chi connectivity index (χ4n) is 4.04. The Morgan fingerprint density at radius 2 is 1.73 bits per heavy atom. The van der Waals surface area contributed by atoms with Crippen LogP contribution in [0.5, 0.6) is 0 Å². The number of amides is 2. The van der Waals surface area contributed by atoms with Crippen molar-refractivity contribution < 1.29 is 9.59 Å². The van der Waals surface area contributed by atoms with Crippen molar-refractivity contribution in [2.75, 3.05) is 11.4 Å². The molecule has 1 atom stereocenters. The topological polar surface area (TPSA) is 49.4 Å². The smallest absolute Gasteiger partial charge is 0.316 e. The zero-order valence-corrected chi connectivity index (χ0v) is 15.1. The second-order valence-electron chi connectivity index (χ2n) is 7.27. The van der Waals surface area contributed by atoms with Gasteiger partial charge in [-0.1, -0.05) is 36.4 Å². The van der Waals surface area contributed by atoms with Crippen molar-refractivity contribution in [3.8, 4) is 0 Å². The van der Waals surface area contributed by atoms with Gasteiger partial charge in [0.2, 0.25) is 0 Å². The van der Waals surface area contributed by atoms with E-state index in [0.717, 1.165) is 36.1 Å². The Morgan fingerprint density at radius 3 is 2.58 bits per heavy atom. The highest BCUT2D eigenvalue weighted by molar-refractivity contribution is 6.40. The number of nitrogens with zero attached hydrogens (tertiary/aromatic N) is 1. The fourth-order valence-corrected chi connectivity index (χ4v) is 4.04. The third-order valence-electron chi connectivity index (χ3n) is 5.55. The van der Waals surface area contributed by atoms with Crippen LogP contribution in [0.15, 0.2) is 42.5 Å². The van der Waals surface area contributed by atoms with Gasteiger partial charge < -0.3 is 10.2 Å². The molecule has 1 aliphatic carbocycles. The molecule has 26 heavy (non-hydrogen) atoms. The van der Waals surface area contributed by atoms with E-state index in [4.69, 9.17) is 0 Å². The van der Waals surface area contributed by atoms with Gasteiger partial charge in [0, 0.05) is 12.2 Å². The van der Waals surface area contributed by atoms with E-state index in [1.165, 1.54) is 24.0 Å². The van der Waals surface area contributed by atoms with Crippen molar-refractivity contribution in [3.05, 3.63) is 64.7 Å². The summed E-state index contributed by atoms with van der Waals surface area (Å²) in [5.74, 6) is -1.01. The quantitative estimate of drug-likeness (QED) is 0.847. The van der Waals surface area contributed by atoms with E-state index < -0.39 is 11.8 Å². The summed E-state index contributed by atoms with van der Waals surface area (Å²) in [6.45, 7) is 2.51. The van der Waals surface area contributed by atoms with Crippen molar-refractivity contribution in [3.63, 3.8) is 0 Å². The van der Waals surface area contributed by atoms with Gasteiger partial charge in [-0.2, -0.15) is 0 Å². The average molecular weight is 348 g/mol. The van der Waals surface area contributed by atoms with Crippen LogP contribution < -0.4 is 10.2 Å². The minimum absolute atomic E-state index is 0.184. The Kier molecular flexibility index (Phi) is 4.49. The van der Waals surface area contributed by atoms with Crippen LogP contribution in [-0.4, -0.2) is 18.4 Å². The van der Waals surface area contributed by atoms with Crippen molar-refractivity contribution in [2.24, 2.45) is 0 Å². The predicted octanol–water partition coefficient (Wildman–Crippen LogP) is 3.33. The summed E-state index contributed by atoms with van der Waals surface area (Å²) >= 11 is 0. The van der Waals surface area contributed by atoms with Gasteiger partial charge in [0.05, 0.1) is 6.04 Å². The lowest BCUT2D eigenvalue weighted by Gasteiger charge is -2.21. The summed E-state index contributed by atoms with van der Waals surface area (Å²) in [5, 5.41) is 2.88. The van der Waals surface area contributed by atoms with E-state index in [2.05, 4.69) is 23.5 Å². The molecule has 134 valence electrons. The number of carbonyl (C=O) groups is 2. The molecule has 4 nitrogen and oxygen atoms in total. The maximum Gasteiger partial charge on any atom is 0.316 e. The molecule has 1 heterocycles. The summed E-state index contributed by atoms with van der Waals surface area (Å²) in [5.41, 5.74) is 5.84. The largest absolute Gasteiger partial charge is 0.341 e. The van der Waals surface area contributed by atoms with Crippen LogP contribution in [0.25, 0.3) is 0 Å². The zero-order valence-electron chi connectivity index (χ0n) is 15.1. The van der Waals surface area contributed by atoms with Crippen LogP contribution in [0.2, 0.25) is 0 Å². The van der Waals surface area contributed by atoms with Gasteiger partial charge in [0.1, 0.15) is 0 Å². The molecule has 0 fully saturated rings. The molecule has 0 saturated carbocycles. The lowest BCUT2D eigenvalue weighted by molar-refractivity contribution is -0.138. The van der Waals surface area contributed by atoms with Gasteiger partial charge in [0.25, 0.3) is 0 Å². The van der Waals surface area contributed by atoms with E-state index in [9.17, 15) is 9.59 Å².